The number of alkyl halides is 3. The summed E-state index contributed by atoms with van der Waals surface area (Å²) in [5, 5.41) is 23.5. The molecule has 86 valence electrons. The molecule has 15 heavy (non-hydrogen) atoms. The Labute approximate surface area is 98.7 Å². The molecule has 0 heterocycles. The van der Waals surface area contributed by atoms with Crippen LogP contribution < -0.4 is 0 Å². The van der Waals surface area contributed by atoms with Crippen LogP contribution in [0.25, 0.3) is 0 Å². The minimum atomic E-state index is -2.17. The number of aliphatic carboxylic acids is 3. The highest BCUT2D eigenvalue weighted by molar-refractivity contribution is 6.75. The third-order valence-corrected chi connectivity index (χ3v) is 1.10. The molecule has 0 radical (unpaired) electrons. The lowest BCUT2D eigenvalue weighted by Gasteiger charge is -1.99. The molecule has 0 unspecified atom stereocenters. The molecule has 0 aromatic rings. The first kappa shape index (κ1) is 16.4. The average molecular weight is 279 g/mol. The van der Waals surface area contributed by atoms with Crippen LogP contribution in [0.15, 0.2) is 12.2 Å². The number of hydrogen-bond acceptors (Lipinski definition) is 3. The van der Waals surface area contributed by atoms with Gasteiger partial charge in [-0.1, -0.05) is 34.8 Å². The average Bonchev–Trinajstić information content (AvgIpc) is 2.00. The maximum Gasteiger partial charge on any atom is 0.356 e. The van der Waals surface area contributed by atoms with E-state index in [0.29, 0.717) is 12.2 Å². The zero-order valence-electron chi connectivity index (χ0n) is 6.85. The largest absolute Gasteiger partial charge is 0.478 e. The lowest BCUT2D eigenvalue weighted by Crippen LogP contribution is -2.16. The van der Waals surface area contributed by atoms with Crippen molar-refractivity contribution in [2.75, 3.05) is 0 Å². The zero-order chi connectivity index (χ0) is 12.6. The van der Waals surface area contributed by atoms with Crippen LogP contribution in [0.2, 0.25) is 0 Å². The Bertz CT molecular complexity index is 263. The van der Waals surface area contributed by atoms with Gasteiger partial charge in [-0.05, 0) is 0 Å². The maximum atomic E-state index is 9.62. The molecule has 0 aromatic heterocycles. The van der Waals surface area contributed by atoms with Crippen molar-refractivity contribution in [3.63, 3.8) is 0 Å². The molecule has 6 nitrogen and oxygen atoms in total. The van der Waals surface area contributed by atoms with Gasteiger partial charge < -0.3 is 15.3 Å². The summed E-state index contributed by atoms with van der Waals surface area (Å²) >= 11 is 14.4. The highest BCUT2D eigenvalue weighted by atomic mass is 35.6. The summed E-state index contributed by atoms with van der Waals surface area (Å²) in [5.74, 6) is -3.97. The second-order valence-electron chi connectivity index (χ2n) is 1.81. The molecular weight excluding hydrogens is 274 g/mol. The first-order valence-corrected chi connectivity index (χ1v) is 4.14. The van der Waals surface area contributed by atoms with Gasteiger partial charge in [-0.15, -0.1) is 0 Å². The van der Waals surface area contributed by atoms with Gasteiger partial charge in [0.25, 0.3) is 3.79 Å². The lowest BCUT2D eigenvalue weighted by atomic mass is 10.5. The standard InChI is InChI=1S/C4H4O4.C2HCl3O2/c5-3(6)1-2-4(7)8;3-2(4,5)1(6)7/h1-2H,(H,5,6)(H,7,8);(H,6,7). The van der Waals surface area contributed by atoms with Crippen molar-refractivity contribution in [2.24, 2.45) is 0 Å². The van der Waals surface area contributed by atoms with Crippen molar-refractivity contribution in [1.29, 1.82) is 0 Å². The molecule has 0 saturated carbocycles. The van der Waals surface area contributed by atoms with Crippen LogP contribution in [-0.2, 0) is 14.4 Å². The van der Waals surface area contributed by atoms with Gasteiger partial charge in [0.05, 0.1) is 0 Å². The normalized spacial score (nSPS) is 10.3. The van der Waals surface area contributed by atoms with E-state index in [1.165, 1.54) is 0 Å². The van der Waals surface area contributed by atoms with Crippen LogP contribution in [0.4, 0.5) is 0 Å². The van der Waals surface area contributed by atoms with E-state index in [9.17, 15) is 14.4 Å². The Kier molecular flexibility index (Phi) is 8.04. The summed E-state index contributed by atoms with van der Waals surface area (Å²) in [6.07, 6.45) is 1.12. The monoisotopic (exact) mass is 278 g/mol. The van der Waals surface area contributed by atoms with E-state index in [-0.39, 0.29) is 0 Å². The van der Waals surface area contributed by atoms with Gasteiger partial charge in [-0.3, -0.25) is 0 Å². The zero-order valence-corrected chi connectivity index (χ0v) is 9.12. The van der Waals surface area contributed by atoms with Crippen LogP contribution in [-0.4, -0.2) is 37.0 Å². The van der Waals surface area contributed by atoms with Crippen molar-refractivity contribution in [1.82, 2.24) is 0 Å². The molecule has 0 aromatic carbocycles. The summed E-state index contributed by atoms with van der Waals surface area (Å²) in [7, 11) is 0. The highest BCUT2D eigenvalue weighted by Crippen LogP contribution is 2.25. The van der Waals surface area contributed by atoms with Crippen molar-refractivity contribution in [3.8, 4) is 0 Å². The van der Waals surface area contributed by atoms with Gasteiger partial charge in [-0.2, -0.15) is 0 Å². The van der Waals surface area contributed by atoms with Gasteiger partial charge in [0.1, 0.15) is 0 Å². The van der Waals surface area contributed by atoms with Crippen molar-refractivity contribution < 1.29 is 29.7 Å². The Hall–Kier alpha value is -0.980. The van der Waals surface area contributed by atoms with Crippen molar-refractivity contribution in [3.05, 3.63) is 12.2 Å². The molecule has 0 spiro atoms. The topological polar surface area (TPSA) is 112 Å². The third-order valence-electron chi connectivity index (χ3n) is 0.611. The number of hydrogen-bond donors (Lipinski definition) is 3. The number of carboxylic acids is 3. The van der Waals surface area contributed by atoms with E-state index in [2.05, 4.69) is 0 Å². The van der Waals surface area contributed by atoms with E-state index in [1.807, 2.05) is 0 Å². The first-order valence-electron chi connectivity index (χ1n) is 3.01. The van der Waals surface area contributed by atoms with Gasteiger partial charge in [0.15, 0.2) is 0 Å². The number of halogens is 3. The lowest BCUT2D eigenvalue weighted by molar-refractivity contribution is -0.136. The predicted molar refractivity (Wildman–Crippen MR) is 52.3 cm³/mol. The summed E-state index contributed by atoms with van der Waals surface area (Å²) in [6.45, 7) is 0. The Balaban J connectivity index is 0. The molecular formula is C6H5Cl3O6. The van der Waals surface area contributed by atoms with Gasteiger partial charge >= 0.3 is 17.9 Å². The SMILES string of the molecule is O=C(O)C(Cl)(Cl)Cl.O=C(O)C=CC(=O)O. The van der Waals surface area contributed by atoms with Crippen molar-refractivity contribution in [2.45, 2.75) is 3.79 Å². The van der Waals surface area contributed by atoms with Crippen LogP contribution >= 0.6 is 34.8 Å². The molecule has 0 saturated heterocycles. The van der Waals surface area contributed by atoms with E-state index in [4.69, 9.17) is 50.1 Å². The Morgan fingerprint density at radius 2 is 1.07 bits per heavy atom. The molecule has 0 atom stereocenters. The maximum absolute atomic E-state index is 9.62. The smallest absolute Gasteiger partial charge is 0.356 e. The first-order chi connectivity index (χ1) is 6.57. The van der Waals surface area contributed by atoms with Gasteiger partial charge in [-0.25, -0.2) is 14.4 Å². The number of carboxylic acid groups (broad SMARTS) is 3. The second-order valence-corrected chi connectivity index (χ2v) is 4.09. The van der Waals surface area contributed by atoms with E-state index in [1.54, 1.807) is 0 Å². The molecule has 0 fully saturated rings. The Morgan fingerprint density at radius 3 is 1.13 bits per heavy atom. The molecule has 9 heteroatoms. The van der Waals surface area contributed by atoms with Crippen LogP contribution in [0.1, 0.15) is 0 Å². The molecule has 3 N–H and O–H groups in total. The van der Waals surface area contributed by atoms with Crippen LogP contribution in [0, 0.1) is 0 Å². The summed E-state index contributed by atoms with van der Waals surface area (Å²) in [5.41, 5.74) is 0. The second kappa shape index (κ2) is 7.33. The van der Waals surface area contributed by atoms with E-state index in [0.717, 1.165) is 0 Å². The fourth-order valence-corrected chi connectivity index (χ4v) is 0.143. The minimum absolute atomic E-state index is 0.558. The molecule has 0 amide bonds. The van der Waals surface area contributed by atoms with Crippen LogP contribution in [0.3, 0.4) is 0 Å². The summed E-state index contributed by atoms with van der Waals surface area (Å²) in [6, 6.07) is 0. The molecule has 0 bridgehead atoms. The number of carbonyl (C=O) groups is 3. The van der Waals surface area contributed by atoms with Crippen molar-refractivity contribution >= 4 is 52.7 Å². The minimum Gasteiger partial charge on any atom is -0.478 e. The predicted octanol–water partition coefficient (Wildman–Crippen LogP) is 1.15. The highest BCUT2D eigenvalue weighted by Gasteiger charge is 2.29. The van der Waals surface area contributed by atoms with Crippen LogP contribution in [0.5, 0.6) is 0 Å². The van der Waals surface area contributed by atoms with E-state index < -0.39 is 21.7 Å². The molecule has 0 aliphatic heterocycles. The fraction of sp³-hybridized carbons (Fsp3) is 0.167. The van der Waals surface area contributed by atoms with E-state index >= 15 is 0 Å². The summed E-state index contributed by atoms with van der Waals surface area (Å²) < 4.78 is -2.17. The van der Waals surface area contributed by atoms with Gasteiger partial charge in [0.2, 0.25) is 0 Å². The Morgan fingerprint density at radius 1 is 0.867 bits per heavy atom. The summed E-state index contributed by atoms with van der Waals surface area (Å²) in [4.78, 5) is 28.7. The van der Waals surface area contributed by atoms with Gasteiger partial charge in [0, 0.05) is 12.2 Å². The quantitative estimate of drug-likeness (QED) is 0.516. The molecule has 0 rings (SSSR count). The molecule has 0 aliphatic carbocycles. The molecule has 0 aliphatic rings. The fourth-order valence-electron chi connectivity index (χ4n) is 0.143. The third kappa shape index (κ3) is 15.7. The number of rotatable bonds is 2.